The van der Waals surface area contributed by atoms with Gasteiger partial charge in [-0.05, 0) is 18.8 Å². The van der Waals surface area contributed by atoms with E-state index < -0.39 is 0 Å². The highest BCUT2D eigenvalue weighted by Gasteiger charge is 2.20. The van der Waals surface area contributed by atoms with Crippen LogP contribution in [0.2, 0.25) is 0 Å². The van der Waals surface area contributed by atoms with Gasteiger partial charge in [-0.2, -0.15) is 0 Å². The molecule has 4 heteroatoms. The van der Waals surface area contributed by atoms with Gasteiger partial charge in [0.15, 0.2) is 0 Å². The van der Waals surface area contributed by atoms with Crippen LogP contribution < -0.4 is 0 Å². The van der Waals surface area contributed by atoms with Crippen LogP contribution in [0.4, 0.5) is 0 Å². The highest BCUT2D eigenvalue weighted by Crippen LogP contribution is 2.29. The van der Waals surface area contributed by atoms with Crippen LogP contribution in [-0.4, -0.2) is 10.2 Å². The lowest BCUT2D eigenvalue weighted by Crippen LogP contribution is -2.13. The fourth-order valence-electron chi connectivity index (χ4n) is 1.26. The van der Waals surface area contributed by atoms with Gasteiger partial charge >= 0.3 is 0 Å². The van der Waals surface area contributed by atoms with Gasteiger partial charge in [-0.15, -0.1) is 10.2 Å². The van der Waals surface area contributed by atoms with Gasteiger partial charge in [0, 0.05) is 22.4 Å². The fourth-order valence-corrected chi connectivity index (χ4v) is 1.53. The Bertz CT molecular complexity index is 244. The van der Waals surface area contributed by atoms with E-state index in [2.05, 4.69) is 26.1 Å². The number of rotatable bonds is 2. The third-order valence-corrected chi connectivity index (χ3v) is 2.45. The van der Waals surface area contributed by atoms with Crippen molar-refractivity contribution in [3.8, 4) is 0 Å². The molecular formula is C7H9BrN2O. The Kier molecular flexibility index (Phi) is 1.94. The van der Waals surface area contributed by atoms with Crippen LogP contribution in [-0.2, 0) is 6.42 Å². The highest BCUT2D eigenvalue weighted by atomic mass is 79.9. The number of nitrogens with zero attached hydrogens (tertiary/aromatic N) is 2. The van der Waals surface area contributed by atoms with Crippen molar-refractivity contribution >= 4 is 15.9 Å². The summed E-state index contributed by atoms with van der Waals surface area (Å²) in [5.41, 5.74) is 0. The van der Waals surface area contributed by atoms with Gasteiger partial charge in [-0.25, -0.2) is 0 Å². The van der Waals surface area contributed by atoms with Gasteiger partial charge in [0.2, 0.25) is 5.89 Å². The monoisotopic (exact) mass is 216 g/mol. The second kappa shape index (κ2) is 2.93. The lowest BCUT2D eigenvalue weighted by Gasteiger charge is -2.23. The molecule has 0 aliphatic heterocycles. The Labute approximate surface area is 73.3 Å². The van der Waals surface area contributed by atoms with Crippen LogP contribution in [0.25, 0.3) is 0 Å². The van der Waals surface area contributed by atoms with Gasteiger partial charge in [0.1, 0.15) is 0 Å². The summed E-state index contributed by atoms with van der Waals surface area (Å²) in [6.45, 7) is 0. The molecule has 0 atom stereocenters. The lowest BCUT2D eigenvalue weighted by atomic mass is 9.83. The van der Waals surface area contributed by atoms with E-state index in [0.29, 0.717) is 4.80 Å². The van der Waals surface area contributed by atoms with E-state index in [1.165, 1.54) is 19.3 Å². The maximum atomic E-state index is 5.18. The molecule has 1 aliphatic rings. The summed E-state index contributed by atoms with van der Waals surface area (Å²) in [6.07, 6.45) is 4.96. The Morgan fingerprint density at radius 2 is 2.27 bits per heavy atom. The molecule has 60 valence electrons. The topological polar surface area (TPSA) is 38.9 Å². The minimum Gasteiger partial charge on any atom is -0.416 e. The normalized spacial score (nSPS) is 18.3. The molecule has 1 aliphatic carbocycles. The summed E-state index contributed by atoms with van der Waals surface area (Å²) < 4.78 is 5.18. The maximum absolute atomic E-state index is 5.18. The predicted molar refractivity (Wildman–Crippen MR) is 43.0 cm³/mol. The molecule has 2 rings (SSSR count). The summed E-state index contributed by atoms with van der Waals surface area (Å²) in [6, 6.07) is 0. The molecule has 0 bridgehead atoms. The number of hydrogen-bond acceptors (Lipinski definition) is 3. The van der Waals surface area contributed by atoms with Gasteiger partial charge in [0.25, 0.3) is 4.80 Å². The molecule has 0 saturated heterocycles. The molecule has 0 aromatic carbocycles. The summed E-state index contributed by atoms with van der Waals surface area (Å²) in [7, 11) is 0. The Morgan fingerprint density at radius 1 is 1.45 bits per heavy atom. The molecule has 1 heterocycles. The number of aromatic nitrogens is 2. The van der Waals surface area contributed by atoms with Crippen LogP contribution in [0.5, 0.6) is 0 Å². The van der Waals surface area contributed by atoms with Crippen LogP contribution in [0.3, 0.4) is 0 Å². The molecule has 0 unspecified atom stereocenters. The smallest absolute Gasteiger partial charge is 0.284 e. The van der Waals surface area contributed by atoms with Crippen molar-refractivity contribution in [2.45, 2.75) is 25.7 Å². The highest BCUT2D eigenvalue weighted by molar-refractivity contribution is 9.10. The maximum Gasteiger partial charge on any atom is 0.284 e. The van der Waals surface area contributed by atoms with Crippen molar-refractivity contribution in [1.29, 1.82) is 0 Å². The first-order chi connectivity index (χ1) is 5.34. The molecular weight excluding hydrogens is 208 g/mol. The molecule has 1 saturated carbocycles. The molecule has 1 fully saturated rings. The van der Waals surface area contributed by atoms with Crippen molar-refractivity contribution in [2.24, 2.45) is 5.92 Å². The first-order valence-electron chi connectivity index (χ1n) is 3.82. The van der Waals surface area contributed by atoms with Gasteiger partial charge in [0.05, 0.1) is 0 Å². The van der Waals surface area contributed by atoms with E-state index in [9.17, 15) is 0 Å². The van der Waals surface area contributed by atoms with Crippen molar-refractivity contribution in [3.63, 3.8) is 0 Å². The van der Waals surface area contributed by atoms with E-state index in [0.717, 1.165) is 18.2 Å². The average molecular weight is 217 g/mol. The minimum absolute atomic E-state index is 0.492. The number of halogens is 1. The third-order valence-electron chi connectivity index (χ3n) is 2.13. The van der Waals surface area contributed by atoms with E-state index in [-0.39, 0.29) is 0 Å². The summed E-state index contributed by atoms with van der Waals surface area (Å²) in [5.74, 6) is 1.56. The van der Waals surface area contributed by atoms with Crippen molar-refractivity contribution in [3.05, 3.63) is 10.7 Å². The van der Waals surface area contributed by atoms with Gasteiger partial charge in [-0.1, -0.05) is 6.42 Å². The number of hydrogen-bond donors (Lipinski definition) is 0. The zero-order valence-corrected chi connectivity index (χ0v) is 7.67. The average Bonchev–Trinajstić information content (AvgIpc) is 2.27. The van der Waals surface area contributed by atoms with Crippen LogP contribution in [0.15, 0.2) is 9.22 Å². The fraction of sp³-hybridized carbons (Fsp3) is 0.714. The Morgan fingerprint density at radius 3 is 2.73 bits per heavy atom. The molecule has 1 aromatic rings. The van der Waals surface area contributed by atoms with Crippen molar-refractivity contribution < 1.29 is 4.42 Å². The van der Waals surface area contributed by atoms with Crippen LogP contribution in [0.1, 0.15) is 25.2 Å². The van der Waals surface area contributed by atoms with E-state index in [1.807, 2.05) is 0 Å². The zero-order valence-electron chi connectivity index (χ0n) is 6.09. The van der Waals surface area contributed by atoms with E-state index in [4.69, 9.17) is 4.42 Å². The SMILES string of the molecule is Brc1nnc(CC2CCC2)o1. The zero-order chi connectivity index (χ0) is 7.68. The minimum atomic E-state index is 0.492. The molecule has 1 aromatic heterocycles. The van der Waals surface area contributed by atoms with Crippen LogP contribution in [0, 0.1) is 5.92 Å². The summed E-state index contributed by atoms with van der Waals surface area (Å²) in [5, 5.41) is 7.60. The second-order valence-corrected chi connectivity index (χ2v) is 3.63. The quantitative estimate of drug-likeness (QED) is 0.761. The molecule has 0 N–H and O–H groups in total. The molecule has 11 heavy (non-hydrogen) atoms. The molecule has 0 amide bonds. The lowest BCUT2D eigenvalue weighted by molar-refractivity contribution is 0.288. The first kappa shape index (κ1) is 7.28. The summed E-state index contributed by atoms with van der Waals surface area (Å²) >= 11 is 3.12. The summed E-state index contributed by atoms with van der Waals surface area (Å²) in [4.78, 5) is 0.492. The molecule has 0 spiro atoms. The predicted octanol–water partition coefficient (Wildman–Crippen LogP) is 2.17. The first-order valence-corrected chi connectivity index (χ1v) is 4.62. The van der Waals surface area contributed by atoms with Crippen molar-refractivity contribution in [1.82, 2.24) is 10.2 Å². The molecule has 0 radical (unpaired) electrons. The largest absolute Gasteiger partial charge is 0.416 e. The second-order valence-electron chi connectivity index (χ2n) is 2.95. The molecule has 3 nitrogen and oxygen atoms in total. The van der Waals surface area contributed by atoms with Crippen molar-refractivity contribution in [2.75, 3.05) is 0 Å². The van der Waals surface area contributed by atoms with E-state index in [1.54, 1.807) is 0 Å². The Hall–Kier alpha value is -0.380. The van der Waals surface area contributed by atoms with E-state index >= 15 is 0 Å². The third kappa shape index (κ3) is 1.61. The Balaban J connectivity index is 1.95. The van der Waals surface area contributed by atoms with Crippen LogP contribution >= 0.6 is 15.9 Å². The standard InChI is InChI=1S/C7H9BrN2O/c8-7-10-9-6(11-7)4-5-2-1-3-5/h5H,1-4H2. The van der Waals surface area contributed by atoms with Gasteiger partial charge in [-0.3, -0.25) is 0 Å². The van der Waals surface area contributed by atoms with Gasteiger partial charge < -0.3 is 4.42 Å².